The van der Waals surface area contributed by atoms with Crippen LogP contribution in [0.1, 0.15) is 6.42 Å². The lowest BCUT2D eigenvalue weighted by Gasteiger charge is -2.21. The molecule has 1 fully saturated rings. The Bertz CT molecular complexity index is 154. The van der Waals surface area contributed by atoms with Gasteiger partial charge in [-0.2, -0.15) is 8.78 Å². The Hall–Kier alpha value is 0.520. The fourth-order valence-electron chi connectivity index (χ4n) is 0.588. The molecule has 0 aromatic carbocycles. The fraction of sp³-hybridized carbons (Fsp3) is 1.00. The van der Waals surface area contributed by atoms with E-state index >= 15 is 0 Å². The van der Waals surface area contributed by atoms with Crippen LogP contribution in [0.2, 0.25) is 0 Å². The Kier molecular flexibility index (Phi) is 2.43. The number of halogens is 5. The van der Waals surface area contributed by atoms with Gasteiger partial charge in [-0.1, -0.05) is 11.6 Å². The summed E-state index contributed by atoms with van der Waals surface area (Å²) in [6, 6.07) is 0. The SMILES string of the molecule is FC(F)(Br)[C@@](F)(Cl)C[C@@H]1CO1. The molecule has 11 heavy (non-hydrogen) atoms. The molecule has 66 valence electrons. The van der Waals surface area contributed by atoms with Gasteiger partial charge in [-0.3, -0.25) is 0 Å². The Morgan fingerprint density at radius 1 is 1.55 bits per heavy atom. The summed E-state index contributed by atoms with van der Waals surface area (Å²) in [7, 11) is 0. The Balaban J connectivity index is 2.49. The van der Waals surface area contributed by atoms with Crippen molar-refractivity contribution in [3.8, 4) is 0 Å². The van der Waals surface area contributed by atoms with Crippen molar-refractivity contribution in [3.63, 3.8) is 0 Å². The highest BCUT2D eigenvalue weighted by atomic mass is 79.9. The third-order valence-electron chi connectivity index (χ3n) is 1.30. The summed E-state index contributed by atoms with van der Waals surface area (Å²) in [5, 5.41) is -3.05. The van der Waals surface area contributed by atoms with Gasteiger partial charge in [0, 0.05) is 6.42 Å². The average Bonchev–Trinajstić information content (AvgIpc) is 2.45. The van der Waals surface area contributed by atoms with E-state index in [1.54, 1.807) is 0 Å². The van der Waals surface area contributed by atoms with Gasteiger partial charge in [0.25, 0.3) is 5.13 Å². The van der Waals surface area contributed by atoms with Gasteiger partial charge < -0.3 is 4.74 Å². The number of ether oxygens (including phenoxy) is 1. The second-order valence-electron chi connectivity index (χ2n) is 2.36. The monoisotopic (exact) mass is 252 g/mol. The van der Waals surface area contributed by atoms with Gasteiger partial charge >= 0.3 is 4.83 Å². The zero-order valence-electron chi connectivity index (χ0n) is 5.29. The van der Waals surface area contributed by atoms with Crippen LogP contribution in [0.15, 0.2) is 0 Å². The quantitative estimate of drug-likeness (QED) is 0.556. The van der Waals surface area contributed by atoms with Crippen molar-refractivity contribution in [3.05, 3.63) is 0 Å². The minimum absolute atomic E-state index is 0.307. The molecule has 0 saturated carbocycles. The van der Waals surface area contributed by atoms with Gasteiger partial charge in [-0.15, -0.1) is 0 Å². The van der Waals surface area contributed by atoms with E-state index in [1.165, 1.54) is 0 Å². The molecule has 2 atom stereocenters. The lowest BCUT2D eigenvalue weighted by Crippen LogP contribution is -2.35. The van der Waals surface area contributed by atoms with Crippen molar-refractivity contribution in [1.29, 1.82) is 0 Å². The van der Waals surface area contributed by atoms with E-state index < -0.39 is 22.5 Å². The molecule has 0 unspecified atom stereocenters. The molecule has 0 aromatic rings. The lowest BCUT2D eigenvalue weighted by atomic mass is 10.2. The molecule has 1 aliphatic heterocycles. The van der Waals surface area contributed by atoms with Crippen molar-refractivity contribution in [2.45, 2.75) is 22.5 Å². The van der Waals surface area contributed by atoms with Crippen molar-refractivity contribution in [2.24, 2.45) is 0 Å². The van der Waals surface area contributed by atoms with Crippen LogP contribution >= 0.6 is 27.5 Å². The first-order chi connectivity index (χ1) is 4.83. The van der Waals surface area contributed by atoms with E-state index in [9.17, 15) is 13.2 Å². The molecule has 0 spiro atoms. The highest BCUT2D eigenvalue weighted by molar-refractivity contribution is 9.10. The van der Waals surface area contributed by atoms with Gasteiger partial charge in [-0.25, -0.2) is 4.39 Å². The molecular weight excluding hydrogens is 248 g/mol. The van der Waals surface area contributed by atoms with E-state index in [4.69, 9.17) is 11.6 Å². The Morgan fingerprint density at radius 2 is 2.00 bits per heavy atom. The maximum absolute atomic E-state index is 12.8. The summed E-state index contributed by atoms with van der Waals surface area (Å²) >= 11 is 6.76. The molecule has 1 rings (SSSR count). The summed E-state index contributed by atoms with van der Waals surface area (Å²) < 4.78 is 41.8. The minimum atomic E-state index is -3.70. The van der Waals surface area contributed by atoms with E-state index in [0.29, 0.717) is 6.61 Å². The summed E-state index contributed by atoms with van der Waals surface area (Å²) in [5.74, 6) is 0. The smallest absolute Gasteiger partial charge is 0.348 e. The summed E-state index contributed by atoms with van der Waals surface area (Å²) in [4.78, 5) is -3.70. The lowest BCUT2D eigenvalue weighted by molar-refractivity contribution is -0.0130. The zero-order chi connectivity index (χ0) is 8.70. The summed E-state index contributed by atoms with van der Waals surface area (Å²) in [6.07, 6.45) is -0.951. The molecule has 0 amide bonds. The van der Waals surface area contributed by atoms with E-state index in [2.05, 4.69) is 4.74 Å². The third kappa shape index (κ3) is 2.49. The largest absolute Gasteiger partial charge is 0.373 e. The highest BCUT2D eigenvalue weighted by Gasteiger charge is 2.54. The predicted molar refractivity (Wildman–Crippen MR) is 37.9 cm³/mol. The predicted octanol–water partition coefficient (Wildman–Crippen LogP) is 2.67. The van der Waals surface area contributed by atoms with Gasteiger partial charge in [0.2, 0.25) is 0 Å². The minimum Gasteiger partial charge on any atom is -0.373 e. The van der Waals surface area contributed by atoms with Crippen molar-refractivity contribution in [1.82, 2.24) is 0 Å². The van der Waals surface area contributed by atoms with Crippen LogP contribution in [0.5, 0.6) is 0 Å². The number of epoxide rings is 1. The van der Waals surface area contributed by atoms with Crippen molar-refractivity contribution >= 4 is 27.5 Å². The molecule has 1 saturated heterocycles. The molecule has 1 aliphatic rings. The first-order valence-electron chi connectivity index (χ1n) is 2.89. The maximum Gasteiger partial charge on any atom is 0.348 e. The number of hydrogen-bond acceptors (Lipinski definition) is 1. The number of alkyl halides is 5. The van der Waals surface area contributed by atoms with Gasteiger partial charge in [0.05, 0.1) is 12.7 Å². The standard InChI is InChI=1S/C5H5BrClF3O/c6-5(9,10)4(7,8)1-3-2-11-3/h3H,1-2H2/t3-,4-/m1/s1. The second-order valence-corrected chi connectivity index (χ2v) is 3.96. The van der Waals surface area contributed by atoms with Crippen LogP contribution in [0, 0.1) is 0 Å². The highest BCUT2D eigenvalue weighted by Crippen LogP contribution is 2.45. The van der Waals surface area contributed by atoms with E-state index in [0.717, 1.165) is 0 Å². The molecule has 0 radical (unpaired) electrons. The maximum atomic E-state index is 12.8. The van der Waals surface area contributed by atoms with Crippen molar-refractivity contribution < 1.29 is 17.9 Å². The zero-order valence-corrected chi connectivity index (χ0v) is 7.63. The Morgan fingerprint density at radius 3 is 2.27 bits per heavy atom. The molecule has 0 bridgehead atoms. The molecule has 1 nitrogen and oxygen atoms in total. The molecule has 6 heteroatoms. The first kappa shape index (κ1) is 9.61. The van der Waals surface area contributed by atoms with Crippen LogP contribution in [0.4, 0.5) is 13.2 Å². The molecular formula is C5H5BrClF3O. The topological polar surface area (TPSA) is 12.5 Å². The molecule has 1 heterocycles. The second kappa shape index (κ2) is 2.78. The van der Waals surface area contributed by atoms with Crippen LogP contribution in [0.25, 0.3) is 0 Å². The van der Waals surface area contributed by atoms with E-state index in [1.807, 2.05) is 15.9 Å². The normalized spacial score (nSPS) is 29.7. The van der Waals surface area contributed by atoms with E-state index in [-0.39, 0.29) is 0 Å². The number of rotatable bonds is 3. The van der Waals surface area contributed by atoms with Crippen LogP contribution < -0.4 is 0 Å². The average molecular weight is 253 g/mol. The fourth-order valence-corrected chi connectivity index (χ4v) is 0.922. The van der Waals surface area contributed by atoms with Gasteiger partial charge in [-0.05, 0) is 15.9 Å². The summed E-state index contributed by atoms with van der Waals surface area (Å²) in [6.45, 7) is 0.307. The van der Waals surface area contributed by atoms with Crippen LogP contribution in [-0.2, 0) is 4.74 Å². The van der Waals surface area contributed by atoms with Gasteiger partial charge in [0.15, 0.2) is 0 Å². The van der Waals surface area contributed by atoms with Gasteiger partial charge in [0.1, 0.15) is 0 Å². The van der Waals surface area contributed by atoms with Crippen LogP contribution in [0.3, 0.4) is 0 Å². The van der Waals surface area contributed by atoms with Crippen LogP contribution in [-0.4, -0.2) is 22.7 Å². The molecule has 0 aromatic heterocycles. The summed E-state index contributed by atoms with van der Waals surface area (Å²) in [5.41, 5.74) is 0. The molecule has 0 N–H and O–H groups in total. The molecule has 0 aliphatic carbocycles. The van der Waals surface area contributed by atoms with Crippen molar-refractivity contribution in [2.75, 3.05) is 6.61 Å². The third-order valence-corrected chi connectivity index (χ3v) is 2.55. The number of hydrogen-bond donors (Lipinski definition) is 0. The first-order valence-corrected chi connectivity index (χ1v) is 4.06. The Labute approximate surface area is 75.0 Å².